The van der Waals surface area contributed by atoms with Crippen LogP contribution in [-0.2, 0) is 7.05 Å². The highest BCUT2D eigenvalue weighted by Gasteiger charge is 2.14. The van der Waals surface area contributed by atoms with Crippen molar-refractivity contribution in [1.29, 1.82) is 0 Å². The first-order valence-corrected chi connectivity index (χ1v) is 6.15. The largest absolute Gasteiger partial charge is 0.454 e. The van der Waals surface area contributed by atoms with Crippen LogP contribution in [0.5, 0.6) is 0 Å². The standard InChI is InChI=1S/C13H9BrN2O2/c1-16-6-9(7-17)13(15-16)12-5-8-4-10(14)2-3-11(8)18-12/h2-7H,1H3. The number of nitrogens with zero attached hydrogens (tertiary/aromatic N) is 2. The number of furan rings is 1. The maximum absolute atomic E-state index is 11.0. The normalized spacial score (nSPS) is 11.0. The van der Waals surface area contributed by atoms with Gasteiger partial charge in [-0.3, -0.25) is 9.48 Å². The first-order valence-electron chi connectivity index (χ1n) is 5.35. The summed E-state index contributed by atoms with van der Waals surface area (Å²) in [6.07, 6.45) is 2.46. The Hall–Kier alpha value is -1.88. The molecule has 0 aliphatic carbocycles. The highest BCUT2D eigenvalue weighted by molar-refractivity contribution is 9.10. The summed E-state index contributed by atoms with van der Waals surface area (Å²) in [4.78, 5) is 11.0. The second-order valence-electron chi connectivity index (χ2n) is 4.02. The van der Waals surface area contributed by atoms with Gasteiger partial charge in [-0.1, -0.05) is 15.9 Å². The highest BCUT2D eigenvalue weighted by atomic mass is 79.9. The van der Waals surface area contributed by atoms with Crippen molar-refractivity contribution in [2.75, 3.05) is 0 Å². The van der Waals surface area contributed by atoms with Crippen molar-refractivity contribution in [1.82, 2.24) is 9.78 Å². The molecule has 0 bridgehead atoms. The predicted octanol–water partition coefficient (Wildman–Crippen LogP) is 3.41. The van der Waals surface area contributed by atoms with Crippen LogP contribution in [-0.4, -0.2) is 16.1 Å². The number of carbonyl (C=O) groups is 1. The van der Waals surface area contributed by atoms with Crippen LogP contribution in [0.4, 0.5) is 0 Å². The molecular formula is C13H9BrN2O2. The Morgan fingerprint density at radius 2 is 2.22 bits per heavy atom. The van der Waals surface area contributed by atoms with Crippen LogP contribution in [0.2, 0.25) is 0 Å². The molecule has 0 spiro atoms. The highest BCUT2D eigenvalue weighted by Crippen LogP contribution is 2.30. The summed E-state index contributed by atoms with van der Waals surface area (Å²) >= 11 is 3.41. The fraction of sp³-hybridized carbons (Fsp3) is 0.0769. The van der Waals surface area contributed by atoms with Crippen LogP contribution in [0.25, 0.3) is 22.4 Å². The second kappa shape index (κ2) is 4.10. The summed E-state index contributed by atoms with van der Waals surface area (Å²) in [6, 6.07) is 7.64. The Labute approximate surface area is 111 Å². The van der Waals surface area contributed by atoms with Gasteiger partial charge in [0, 0.05) is 23.1 Å². The molecule has 0 aliphatic rings. The number of rotatable bonds is 2. The average Bonchev–Trinajstić information content (AvgIpc) is 2.91. The molecular weight excluding hydrogens is 296 g/mol. The number of aldehydes is 1. The topological polar surface area (TPSA) is 48.0 Å². The SMILES string of the molecule is Cn1cc(C=O)c(-c2cc3cc(Br)ccc3o2)n1. The first-order chi connectivity index (χ1) is 8.67. The lowest BCUT2D eigenvalue weighted by Gasteiger charge is -1.90. The summed E-state index contributed by atoms with van der Waals surface area (Å²) in [6.45, 7) is 0. The summed E-state index contributed by atoms with van der Waals surface area (Å²) in [5, 5.41) is 5.22. The van der Waals surface area contributed by atoms with Crippen molar-refractivity contribution in [3.05, 3.63) is 40.5 Å². The second-order valence-corrected chi connectivity index (χ2v) is 4.93. The number of hydrogen-bond acceptors (Lipinski definition) is 3. The molecule has 0 atom stereocenters. The van der Waals surface area contributed by atoms with E-state index < -0.39 is 0 Å². The average molecular weight is 305 g/mol. The van der Waals surface area contributed by atoms with Gasteiger partial charge in [-0.25, -0.2) is 0 Å². The molecule has 0 aliphatic heterocycles. The van der Waals surface area contributed by atoms with Gasteiger partial charge in [0.1, 0.15) is 11.3 Å². The minimum Gasteiger partial charge on any atom is -0.454 e. The number of fused-ring (bicyclic) bond motifs is 1. The zero-order chi connectivity index (χ0) is 12.7. The van der Waals surface area contributed by atoms with Gasteiger partial charge in [-0.15, -0.1) is 0 Å². The quantitative estimate of drug-likeness (QED) is 0.682. The number of hydrogen-bond donors (Lipinski definition) is 0. The molecule has 2 aromatic heterocycles. The molecule has 0 amide bonds. The number of halogens is 1. The predicted molar refractivity (Wildman–Crippen MR) is 71.5 cm³/mol. The summed E-state index contributed by atoms with van der Waals surface area (Å²) in [5.41, 5.74) is 1.87. The van der Waals surface area contributed by atoms with Crippen LogP contribution in [0, 0.1) is 0 Å². The Balaban J connectivity index is 2.21. The maximum atomic E-state index is 11.0. The van der Waals surface area contributed by atoms with Gasteiger partial charge >= 0.3 is 0 Å². The molecule has 0 unspecified atom stereocenters. The van der Waals surface area contributed by atoms with Crippen molar-refractivity contribution in [2.45, 2.75) is 0 Å². The number of aromatic nitrogens is 2. The lowest BCUT2D eigenvalue weighted by molar-refractivity contribution is 0.112. The van der Waals surface area contributed by atoms with E-state index in [-0.39, 0.29) is 0 Å². The minimum absolute atomic E-state index is 0.524. The number of benzene rings is 1. The van der Waals surface area contributed by atoms with Gasteiger partial charge in [0.2, 0.25) is 0 Å². The van der Waals surface area contributed by atoms with Gasteiger partial charge < -0.3 is 4.42 Å². The van der Waals surface area contributed by atoms with E-state index in [0.29, 0.717) is 17.0 Å². The Morgan fingerprint density at radius 3 is 3.00 bits per heavy atom. The summed E-state index contributed by atoms with van der Waals surface area (Å²) < 4.78 is 8.29. The number of carbonyl (C=O) groups excluding carboxylic acids is 1. The van der Waals surface area contributed by atoms with Crippen LogP contribution >= 0.6 is 15.9 Å². The lowest BCUT2D eigenvalue weighted by atomic mass is 10.2. The summed E-state index contributed by atoms with van der Waals surface area (Å²) in [5.74, 6) is 0.603. The fourth-order valence-electron chi connectivity index (χ4n) is 1.92. The van der Waals surface area contributed by atoms with Gasteiger partial charge in [0.05, 0.1) is 5.56 Å². The monoisotopic (exact) mass is 304 g/mol. The number of aryl methyl sites for hydroxylation is 1. The van der Waals surface area contributed by atoms with Crippen molar-refractivity contribution in [2.24, 2.45) is 7.05 Å². The molecule has 4 nitrogen and oxygen atoms in total. The molecule has 0 saturated heterocycles. The van der Waals surface area contributed by atoms with E-state index in [1.807, 2.05) is 24.3 Å². The van der Waals surface area contributed by atoms with E-state index in [4.69, 9.17) is 4.42 Å². The van der Waals surface area contributed by atoms with Crippen LogP contribution < -0.4 is 0 Å². The van der Waals surface area contributed by atoms with Crippen molar-refractivity contribution >= 4 is 33.2 Å². The first kappa shape index (κ1) is 11.2. The lowest BCUT2D eigenvalue weighted by Crippen LogP contribution is -1.86. The third kappa shape index (κ3) is 1.76. The van der Waals surface area contributed by atoms with E-state index >= 15 is 0 Å². The van der Waals surface area contributed by atoms with Crippen LogP contribution in [0.1, 0.15) is 10.4 Å². The van der Waals surface area contributed by atoms with Gasteiger partial charge in [0.25, 0.3) is 0 Å². The fourth-order valence-corrected chi connectivity index (χ4v) is 2.29. The van der Waals surface area contributed by atoms with Crippen molar-refractivity contribution in [3.8, 4) is 11.5 Å². The van der Waals surface area contributed by atoms with Crippen LogP contribution in [0.15, 0.2) is 39.4 Å². The molecule has 1 aromatic carbocycles. The van der Waals surface area contributed by atoms with E-state index in [2.05, 4.69) is 21.0 Å². The van der Waals surface area contributed by atoms with Gasteiger partial charge in [0.15, 0.2) is 12.0 Å². The van der Waals surface area contributed by atoms with Gasteiger partial charge in [-0.05, 0) is 24.3 Å². The van der Waals surface area contributed by atoms with Gasteiger partial charge in [-0.2, -0.15) is 5.10 Å². The summed E-state index contributed by atoms with van der Waals surface area (Å²) in [7, 11) is 1.77. The maximum Gasteiger partial charge on any atom is 0.156 e. The van der Waals surface area contributed by atoms with E-state index in [1.165, 1.54) is 0 Å². The molecule has 90 valence electrons. The third-order valence-corrected chi connectivity index (χ3v) is 3.19. The zero-order valence-corrected chi connectivity index (χ0v) is 11.1. The Bertz CT molecular complexity index is 743. The Morgan fingerprint density at radius 1 is 1.39 bits per heavy atom. The molecule has 3 aromatic rings. The zero-order valence-electron chi connectivity index (χ0n) is 9.55. The third-order valence-electron chi connectivity index (χ3n) is 2.70. The molecule has 3 rings (SSSR count). The molecule has 5 heteroatoms. The Kier molecular flexibility index (Phi) is 2.56. The molecule has 0 saturated carbocycles. The molecule has 0 N–H and O–H groups in total. The smallest absolute Gasteiger partial charge is 0.156 e. The molecule has 0 fully saturated rings. The molecule has 0 radical (unpaired) electrons. The molecule has 18 heavy (non-hydrogen) atoms. The van der Waals surface area contributed by atoms with E-state index in [0.717, 1.165) is 21.7 Å². The molecule has 2 heterocycles. The van der Waals surface area contributed by atoms with Crippen LogP contribution in [0.3, 0.4) is 0 Å². The van der Waals surface area contributed by atoms with Crippen molar-refractivity contribution < 1.29 is 9.21 Å². The van der Waals surface area contributed by atoms with E-state index in [1.54, 1.807) is 17.9 Å². The minimum atomic E-state index is 0.524. The van der Waals surface area contributed by atoms with Crippen molar-refractivity contribution in [3.63, 3.8) is 0 Å². The van der Waals surface area contributed by atoms with E-state index in [9.17, 15) is 4.79 Å².